The van der Waals surface area contributed by atoms with Gasteiger partial charge in [0.2, 0.25) is 5.91 Å². The molecule has 0 fully saturated rings. The minimum Gasteiger partial charge on any atom is -0.465 e. The highest BCUT2D eigenvalue weighted by Crippen LogP contribution is 2.20. The average Bonchev–Trinajstić information content (AvgIpc) is 2.39. The smallest absolute Gasteiger partial charge is 0.325 e. The predicted octanol–water partition coefficient (Wildman–Crippen LogP) is 2.68. The van der Waals surface area contributed by atoms with Crippen LogP contribution in [0, 0.1) is 0 Å². The molecule has 0 radical (unpaired) electrons. The molecular formula is C15H25NO3. The van der Waals surface area contributed by atoms with Gasteiger partial charge in [-0.15, -0.1) is 0 Å². The third-order valence-corrected chi connectivity index (χ3v) is 3.23. The fourth-order valence-corrected chi connectivity index (χ4v) is 2.30. The number of ether oxygens (including phenoxy) is 1. The van der Waals surface area contributed by atoms with E-state index in [1.165, 1.54) is 18.4 Å². The summed E-state index contributed by atoms with van der Waals surface area (Å²) in [5, 5.41) is 0. The number of hydrogen-bond donors (Lipinski definition) is 0. The number of allylic oxidation sites excluding steroid dienone is 1. The van der Waals surface area contributed by atoms with Crippen LogP contribution in [-0.4, -0.2) is 36.5 Å². The first-order chi connectivity index (χ1) is 9.17. The Morgan fingerprint density at radius 2 is 2.11 bits per heavy atom. The molecule has 0 bridgehead atoms. The van der Waals surface area contributed by atoms with Crippen molar-refractivity contribution in [2.75, 3.05) is 19.7 Å². The van der Waals surface area contributed by atoms with Crippen molar-refractivity contribution >= 4 is 11.9 Å². The number of hydrogen-bond acceptors (Lipinski definition) is 3. The minimum absolute atomic E-state index is 0.0445. The van der Waals surface area contributed by atoms with E-state index in [2.05, 4.69) is 6.08 Å². The van der Waals surface area contributed by atoms with Gasteiger partial charge in [-0.25, -0.2) is 0 Å². The summed E-state index contributed by atoms with van der Waals surface area (Å²) in [7, 11) is 0. The topological polar surface area (TPSA) is 46.6 Å². The second-order valence-corrected chi connectivity index (χ2v) is 4.91. The molecule has 0 aromatic carbocycles. The molecule has 4 nitrogen and oxygen atoms in total. The van der Waals surface area contributed by atoms with Crippen LogP contribution in [0.15, 0.2) is 11.6 Å². The van der Waals surface area contributed by atoms with Gasteiger partial charge < -0.3 is 9.64 Å². The third-order valence-electron chi connectivity index (χ3n) is 3.23. The Balaban J connectivity index is 2.51. The Kier molecular flexibility index (Phi) is 7.23. The SMILES string of the molecule is CCCN(CC(=O)OCC)C(=O)CC1=CCCCC1. The average molecular weight is 267 g/mol. The zero-order valence-electron chi connectivity index (χ0n) is 12.1. The standard InChI is InChI=1S/C15H25NO3/c1-3-10-16(12-15(18)19-4-2)14(17)11-13-8-6-5-7-9-13/h8H,3-7,9-12H2,1-2H3. The van der Waals surface area contributed by atoms with Crippen molar-refractivity contribution in [2.24, 2.45) is 0 Å². The fourth-order valence-electron chi connectivity index (χ4n) is 2.30. The molecule has 0 saturated carbocycles. The highest BCUT2D eigenvalue weighted by molar-refractivity contribution is 5.83. The maximum atomic E-state index is 12.2. The lowest BCUT2D eigenvalue weighted by Crippen LogP contribution is -2.37. The van der Waals surface area contributed by atoms with Gasteiger partial charge >= 0.3 is 5.97 Å². The lowest BCUT2D eigenvalue weighted by Gasteiger charge is -2.22. The number of esters is 1. The molecular weight excluding hydrogens is 242 g/mol. The molecule has 0 saturated heterocycles. The van der Waals surface area contributed by atoms with E-state index in [0.29, 0.717) is 19.6 Å². The predicted molar refractivity (Wildman–Crippen MR) is 74.7 cm³/mol. The molecule has 19 heavy (non-hydrogen) atoms. The Morgan fingerprint density at radius 1 is 1.32 bits per heavy atom. The van der Waals surface area contributed by atoms with Gasteiger partial charge in [0.15, 0.2) is 0 Å². The monoisotopic (exact) mass is 267 g/mol. The van der Waals surface area contributed by atoms with E-state index in [1.807, 2.05) is 6.92 Å². The van der Waals surface area contributed by atoms with Gasteiger partial charge in [-0.05, 0) is 39.0 Å². The van der Waals surface area contributed by atoms with Crippen molar-refractivity contribution in [2.45, 2.75) is 52.4 Å². The second kappa shape index (κ2) is 8.73. The van der Waals surface area contributed by atoms with Crippen LogP contribution in [0.25, 0.3) is 0 Å². The van der Waals surface area contributed by atoms with Gasteiger partial charge in [-0.2, -0.15) is 0 Å². The van der Waals surface area contributed by atoms with Gasteiger partial charge in [0.05, 0.1) is 6.61 Å². The maximum absolute atomic E-state index is 12.2. The molecule has 0 heterocycles. The molecule has 0 unspecified atom stereocenters. The third kappa shape index (κ3) is 5.90. The zero-order chi connectivity index (χ0) is 14.1. The Labute approximate surface area is 115 Å². The van der Waals surface area contributed by atoms with Crippen molar-refractivity contribution in [3.8, 4) is 0 Å². The van der Waals surface area contributed by atoms with Crippen molar-refractivity contribution < 1.29 is 14.3 Å². The number of carbonyl (C=O) groups is 2. The molecule has 4 heteroatoms. The summed E-state index contributed by atoms with van der Waals surface area (Å²) < 4.78 is 4.91. The molecule has 0 spiro atoms. The van der Waals surface area contributed by atoms with E-state index in [-0.39, 0.29) is 18.4 Å². The van der Waals surface area contributed by atoms with Gasteiger partial charge in [0.1, 0.15) is 6.54 Å². The number of rotatable bonds is 7. The minimum atomic E-state index is -0.318. The molecule has 1 amide bonds. The molecule has 0 aliphatic heterocycles. The molecule has 0 aromatic heterocycles. The van der Waals surface area contributed by atoms with E-state index in [4.69, 9.17) is 4.74 Å². The molecule has 1 rings (SSSR count). The van der Waals surface area contributed by atoms with Gasteiger partial charge in [-0.1, -0.05) is 18.6 Å². The zero-order valence-corrected chi connectivity index (χ0v) is 12.1. The van der Waals surface area contributed by atoms with E-state index < -0.39 is 0 Å². The highest BCUT2D eigenvalue weighted by Gasteiger charge is 2.18. The van der Waals surface area contributed by atoms with Crippen LogP contribution in [0.1, 0.15) is 52.4 Å². The normalized spacial score (nSPS) is 14.7. The van der Waals surface area contributed by atoms with Crippen LogP contribution in [0.5, 0.6) is 0 Å². The molecule has 1 aliphatic carbocycles. The van der Waals surface area contributed by atoms with E-state index in [9.17, 15) is 9.59 Å². The number of nitrogens with zero attached hydrogens (tertiary/aromatic N) is 1. The van der Waals surface area contributed by atoms with Gasteiger partial charge in [0, 0.05) is 13.0 Å². The van der Waals surface area contributed by atoms with Crippen molar-refractivity contribution in [1.29, 1.82) is 0 Å². The van der Waals surface area contributed by atoms with Crippen molar-refractivity contribution in [3.05, 3.63) is 11.6 Å². The summed E-state index contributed by atoms with van der Waals surface area (Å²) in [6.45, 7) is 4.83. The van der Waals surface area contributed by atoms with E-state index >= 15 is 0 Å². The summed E-state index contributed by atoms with van der Waals surface area (Å²) in [5.41, 5.74) is 1.22. The van der Waals surface area contributed by atoms with Crippen LogP contribution in [0.3, 0.4) is 0 Å². The molecule has 108 valence electrons. The summed E-state index contributed by atoms with van der Waals surface area (Å²) >= 11 is 0. The Bertz CT molecular complexity index is 336. The summed E-state index contributed by atoms with van der Waals surface area (Å²) in [4.78, 5) is 25.3. The van der Waals surface area contributed by atoms with E-state index in [0.717, 1.165) is 19.3 Å². The number of carbonyl (C=O) groups excluding carboxylic acids is 2. The second-order valence-electron chi connectivity index (χ2n) is 4.91. The largest absolute Gasteiger partial charge is 0.465 e. The van der Waals surface area contributed by atoms with Crippen molar-refractivity contribution in [1.82, 2.24) is 4.90 Å². The Morgan fingerprint density at radius 3 is 2.68 bits per heavy atom. The van der Waals surface area contributed by atoms with Crippen LogP contribution < -0.4 is 0 Å². The fraction of sp³-hybridized carbons (Fsp3) is 0.733. The maximum Gasteiger partial charge on any atom is 0.325 e. The highest BCUT2D eigenvalue weighted by atomic mass is 16.5. The first-order valence-corrected chi connectivity index (χ1v) is 7.28. The van der Waals surface area contributed by atoms with Gasteiger partial charge in [0.25, 0.3) is 0 Å². The van der Waals surface area contributed by atoms with Crippen LogP contribution in [0.4, 0.5) is 0 Å². The number of amides is 1. The molecule has 0 N–H and O–H groups in total. The van der Waals surface area contributed by atoms with Crippen LogP contribution >= 0.6 is 0 Å². The Hall–Kier alpha value is -1.32. The summed E-state index contributed by atoms with van der Waals surface area (Å²) in [6, 6.07) is 0. The molecule has 1 aliphatic rings. The summed E-state index contributed by atoms with van der Waals surface area (Å²) in [5.74, 6) is -0.273. The van der Waals surface area contributed by atoms with E-state index in [1.54, 1.807) is 11.8 Å². The summed E-state index contributed by atoms with van der Waals surface area (Å²) in [6.07, 6.45) is 7.98. The first-order valence-electron chi connectivity index (χ1n) is 7.28. The lowest BCUT2D eigenvalue weighted by molar-refractivity contribution is -0.148. The van der Waals surface area contributed by atoms with Crippen LogP contribution in [-0.2, 0) is 14.3 Å². The first kappa shape index (κ1) is 15.7. The molecule has 0 aromatic rings. The van der Waals surface area contributed by atoms with Gasteiger partial charge in [-0.3, -0.25) is 9.59 Å². The molecule has 0 atom stereocenters. The lowest BCUT2D eigenvalue weighted by atomic mass is 9.97. The van der Waals surface area contributed by atoms with Crippen LogP contribution in [0.2, 0.25) is 0 Å². The quantitative estimate of drug-likeness (QED) is 0.526. The van der Waals surface area contributed by atoms with Crippen molar-refractivity contribution in [3.63, 3.8) is 0 Å².